The number of aromatic nitrogens is 5. The molecule has 6 nitrogen and oxygen atoms in total. The minimum absolute atomic E-state index is 0.640. The van der Waals surface area contributed by atoms with Crippen molar-refractivity contribution in [1.82, 2.24) is 24.7 Å². The maximum atomic E-state index is 4.45. The third-order valence-corrected chi connectivity index (χ3v) is 2.93. The summed E-state index contributed by atoms with van der Waals surface area (Å²) < 4.78 is 1.91. The van der Waals surface area contributed by atoms with Crippen LogP contribution in [0.3, 0.4) is 0 Å². The predicted molar refractivity (Wildman–Crippen MR) is 72.7 cm³/mol. The lowest BCUT2D eigenvalue weighted by atomic mass is 10.2. The zero-order chi connectivity index (χ0) is 13.1. The lowest BCUT2D eigenvalue weighted by Gasteiger charge is -2.05. The van der Waals surface area contributed by atoms with Crippen molar-refractivity contribution in [2.75, 3.05) is 11.9 Å². The number of hydrogen-bond acceptors (Lipinski definition) is 5. The Hall–Kier alpha value is -2.50. The van der Waals surface area contributed by atoms with Crippen LogP contribution in [0.5, 0.6) is 0 Å². The summed E-state index contributed by atoms with van der Waals surface area (Å²) in [7, 11) is 1.93. The molecule has 0 aliphatic carbocycles. The number of hydrogen-bond donors (Lipinski definition) is 1. The van der Waals surface area contributed by atoms with Gasteiger partial charge in [0.15, 0.2) is 0 Å². The molecule has 3 aromatic rings. The minimum atomic E-state index is 0.640. The molecule has 0 amide bonds. The van der Waals surface area contributed by atoms with E-state index < -0.39 is 0 Å². The molecule has 0 atom stereocenters. The highest BCUT2D eigenvalue weighted by atomic mass is 15.2. The third-order valence-electron chi connectivity index (χ3n) is 2.93. The summed E-state index contributed by atoms with van der Waals surface area (Å²) in [6.07, 6.45) is 4.31. The summed E-state index contributed by atoms with van der Waals surface area (Å²) in [4.78, 5) is 8.73. The van der Waals surface area contributed by atoms with E-state index >= 15 is 0 Å². The van der Waals surface area contributed by atoms with Crippen molar-refractivity contribution >= 4 is 16.9 Å². The Balaban J connectivity index is 1.67. The molecular formula is C13H14N6. The molecule has 2 aromatic heterocycles. The Bertz CT molecular complexity index is 690. The zero-order valence-electron chi connectivity index (χ0n) is 10.6. The summed E-state index contributed by atoms with van der Waals surface area (Å²) in [5.41, 5.74) is 0.943. The van der Waals surface area contributed by atoms with Crippen molar-refractivity contribution in [1.29, 1.82) is 0 Å². The zero-order valence-corrected chi connectivity index (χ0v) is 10.6. The molecule has 0 bridgehead atoms. The maximum Gasteiger partial charge on any atom is 0.223 e. The second-order valence-corrected chi connectivity index (χ2v) is 4.29. The lowest BCUT2D eigenvalue weighted by Crippen LogP contribution is -2.10. The smallest absolute Gasteiger partial charge is 0.223 e. The first-order chi connectivity index (χ1) is 9.33. The molecule has 6 heteroatoms. The summed E-state index contributed by atoms with van der Waals surface area (Å²) in [6.45, 7) is 0.727. The number of nitrogens with zero attached hydrogens (tertiary/aromatic N) is 5. The summed E-state index contributed by atoms with van der Waals surface area (Å²) in [5, 5.41) is 12.1. The van der Waals surface area contributed by atoms with Crippen LogP contribution in [0.4, 0.5) is 5.95 Å². The van der Waals surface area contributed by atoms with E-state index in [2.05, 4.69) is 25.5 Å². The Morgan fingerprint density at radius 3 is 3.00 bits per heavy atom. The fourth-order valence-electron chi connectivity index (χ4n) is 1.88. The van der Waals surface area contributed by atoms with Gasteiger partial charge in [-0.1, -0.05) is 18.2 Å². The van der Waals surface area contributed by atoms with Gasteiger partial charge in [0.05, 0.1) is 5.52 Å². The number of para-hydroxylation sites is 1. The second kappa shape index (κ2) is 5.01. The average molecular weight is 254 g/mol. The molecule has 0 saturated carbocycles. The molecule has 0 spiro atoms. The van der Waals surface area contributed by atoms with Gasteiger partial charge in [-0.2, -0.15) is 0 Å². The van der Waals surface area contributed by atoms with Crippen LogP contribution in [0.1, 0.15) is 5.82 Å². The third kappa shape index (κ3) is 2.52. The van der Waals surface area contributed by atoms with Crippen molar-refractivity contribution in [3.05, 3.63) is 42.6 Å². The van der Waals surface area contributed by atoms with Gasteiger partial charge in [0, 0.05) is 31.6 Å². The number of fused-ring (bicyclic) bond motifs is 1. The van der Waals surface area contributed by atoms with Crippen LogP contribution in [0.25, 0.3) is 10.9 Å². The van der Waals surface area contributed by atoms with Gasteiger partial charge in [0.1, 0.15) is 12.2 Å². The highest BCUT2D eigenvalue weighted by Gasteiger charge is 2.02. The lowest BCUT2D eigenvalue weighted by molar-refractivity contribution is 0.786. The van der Waals surface area contributed by atoms with Crippen LogP contribution < -0.4 is 5.32 Å². The van der Waals surface area contributed by atoms with Crippen molar-refractivity contribution in [2.45, 2.75) is 6.42 Å². The SMILES string of the molecule is Cn1cnnc1CCNc1ncc2ccccc2n1. The van der Waals surface area contributed by atoms with E-state index in [4.69, 9.17) is 0 Å². The molecule has 2 heterocycles. The van der Waals surface area contributed by atoms with E-state index in [1.165, 1.54) is 0 Å². The molecule has 0 radical (unpaired) electrons. The molecule has 0 fully saturated rings. The van der Waals surface area contributed by atoms with E-state index in [0.29, 0.717) is 5.95 Å². The molecular weight excluding hydrogens is 240 g/mol. The number of benzene rings is 1. The normalized spacial score (nSPS) is 10.8. The van der Waals surface area contributed by atoms with Crippen LogP contribution in [0.2, 0.25) is 0 Å². The van der Waals surface area contributed by atoms with Gasteiger partial charge < -0.3 is 9.88 Å². The van der Waals surface area contributed by atoms with Gasteiger partial charge in [0.25, 0.3) is 0 Å². The van der Waals surface area contributed by atoms with Gasteiger partial charge in [0.2, 0.25) is 5.95 Å². The predicted octanol–water partition coefficient (Wildman–Crippen LogP) is 1.41. The fourth-order valence-corrected chi connectivity index (χ4v) is 1.88. The van der Waals surface area contributed by atoms with Crippen molar-refractivity contribution in [3.63, 3.8) is 0 Å². The Morgan fingerprint density at radius 1 is 1.26 bits per heavy atom. The highest BCUT2D eigenvalue weighted by molar-refractivity contribution is 5.78. The van der Waals surface area contributed by atoms with Crippen molar-refractivity contribution in [3.8, 4) is 0 Å². The Kier molecular flexibility index (Phi) is 3.06. The van der Waals surface area contributed by atoms with Crippen LogP contribution in [-0.4, -0.2) is 31.3 Å². The van der Waals surface area contributed by atoms with E-state index in [1.807, 2.05) is 42.1 Å². The van der Waals surface area contributed by atoms with Crippen LogP contribution >= 0.6 is 0 Å². The monoisotopic (exact) mass is 254 g/mol. The molecule has 0 aliphatic heterocycles. The van der Waals surface area contributed by atoms with E-state index in [9.17, 15) is 0 Å². The number of nitrogens with one attached hydrogen (secondary N) is 1. The van der Waals surface area contributed by atoms with Crippen LogP contribution in [0.15, 0.2) is 36.8 Å². The van der Waals surface area contributed by atoms with E-state index in [1.54, 1.807) is 6.33 Å². The molecule has 0 aliphatic rings. The molecule has 1 N–H and O–H groups in total. The van der Waals surface area contributed by atoms with Gasteiger partial charge in [-0.05, 0) is 6.07 Å². The fraction of sp³-hybridized carbons (Fsp3) is 0.231. The number of anilines is 1. The van der Waals surface area contributed by atoms with Crippen LogP contribution in [-0.2, 0) is 13.5 Å². The Morgan fingerprint density at radius 2 is 2.16 bits per heavy atom. The first-order valence-corrected chi connectivity index (χ1v) is 6.11. The summed E-state index contributed by atoms with van der Waals surface area (Å²) in [5.74, 6) is 1.58. The molecule has 96 valence electrons. The summed E-state index contributed by atoms with van der Waals surface area (Å²) in [6, 6.07) is 7.93. The summed E-state index contributed by atoms with van der Waals surface area (Å²) >= 11 is 0. The number of aryl methyl sites for hydroxylation is 1. The quantitative estimate of drug-likeness (QED) is 0.762. The van der Waals surface area contributed by atoms with Crippen molar-refractivity contribution in [2.24, 2.45) is 7.05 Å². The largest absolute Gasteiger partial charge is 0.354 e. The topological polar surface area (TPSA) is 68.5 Å². The van der Waals surface area contributed by atoms with E-state index in [-0.39, 0.29) is 0 Å². The van der Waals surface area contributed by atoms with Crippen LogP contribution in [0, 0.1) is 0 Å². The maximum absolute atomic E-state index is 4.45. The molecule has 0 unspecified atom stereocenters. The van der Waals surface area contributed by atoms with Gasteiger partial charge in [-0.25, -0.2) is 9.97 Å². The Labute approximate surface area is 110 Å². The standard InChI is InChI=1S/C13H14N6/c1-19-9-16-18-12(19)6-7-14-13-15-8-10-4-2-3-5-11(10)17-13/h2-5,8-9H,6-7H2,1H3,(H,14,15,17). The minimum Gasteiger partial charge on any atom is -0.354 e. The number of rotatable bonds is 4. The van der Waals surface area contributed by atoms with Gasteiger partial charge in [-0.3, -0.25) is 0 Å². The van der Waals surface area contributed by atoms with Gasteiger partial charge in [-0.15, -0.1) is 10.2 Å². The molecule has 3 rings (SSSR count). The first-order valence-electron chi connectivity index (χ1n) is 6.11. The average Bonchev–Trinajstić information content (AvgIpc) is 2.84. The highest BCUT2D eigenvalue weighted by Crippen LogP contribution is 2.11. The van der Waals surface area contributed by atoms with Crippen molar-refractivity contribution < 1.29 is 0 Å². The second-order valence-electron chi connectivity index (χ2n) is 4.29. The first kappa shape index (κ1) is 11.6. The van der Waals surface area contributed by atoms with E-state index in [0.717, 1.165) is 29.7 Å². The van der Waals surface area contributed by atoms with Gasteiger partial charge >= 0.3 is 0 Å². The molecule has 0 saturated heterocycles. The molecule has 19 heavy (non-hydrogen) atoms. The molecule has 1 aromatic carbocycles.